The highest BCUT2D eigenvalue weighted by Gasteiger charge is 2.29. The summed E-state index contributed by atoms with van der Waals surface area (Å²) in [5.41, 5.74) is 2.44. The molecule has 0 heterocycles. The fourth-order valence-electron chi connectivity index (χ4n) is 3.72. The van der Waals surface area contributed by atoms with Gasteiger partial charge in [-0.2, -0.15) is 0 Å². The van der Waals surface area contributed by atoms with Crippen LogP contribution >= 0.6 is 0 Å². The Labute approximate surface area is 159 Å². The van der Waals surface area contributed by atoms with Crippen LogP contribution < -0.4 is 0 Å². The van der Waals surface area contributed by atoms with E-state index in [-0.39, 0.29) is 22.8 Å². The van der Waals surface area contributed by atoms with Crippen molar-refractivity contribution in [1.29, 1.82) is 0 Å². The van der Waals surface area contributed by atoms with Crippen molar-refractivity contribution in [3.05, 3.63) is 35.4 Å². The molecule has 1 aromatic rings. The Bertz CT molecular complexity index is 666. The Hall–Kier alpha value is -1.16. The Morgan fingerprint density at radius 1 is 1.04 bits per heavy atom. The fraction of sp³-hybridized carbons (Fsp3) is 0.682. The summed E-state index contributed by atoms with van der Waals surface area (Å²) in [4.78, 5) is 12.6. The van der Waals surface area contributed by atoms with Crippen LogP contribution in [0.2, 0.25) is 0 Å². The van der Waals surface area contributed by atoms with Gasteiger partial charge in [0.15, 0.2) is 9.84 Å². The predicted molar refractivity (Wildman–Crippen MR) is 108 cm³/mol. The van der Waals surface area contributed by atoms with Gasteiger partial charge < -0.3 is 0 Å². The molecule has 26 heavy (non-hydrogen) atoms. The van der Waals surface area contributed by atoms with Crippen LogP contribution in [0.3, 0.4) is 0 Å². The minimum absolute atomic E-state index is 0.104. The molecule has 0 aliphatic heterocycles. The average Bonchev–Trinajstić information content (AvgIpc) is 2.61. The lowest BCUT2D eigenvalue weighted by molar-refractivity contribution is -0.123. The van der Waals surface area contributed by atoms with Crippen molar-refractivity contribution in [2.45, 2.75) is 77.4 Å². The van der Waals surface area contributed by atoms with Gasteiger partial charge in [-0.15, -0.1) is 0 Å². The molecule has 0 unspecified atom stereocenters. The second-order valence-corrected chi connectivity index (χ2v) is 10.8. The predicted octanol–water partition coefficient (Wildman–Crippen LogP) is 4.77. The Morgan fingerprint density at radius 3 is 2.15 bits per heavy atom. The van der Waals surface area contributed by atoms with Crippen LogP contribution in [0.25, 0.3) is 0 Å². The number of unbranched alkanes of at least 4 members (excludes halogenated alkanes) is 1. The molecule has 1 aliphatic rings. The van der Waals surface area contributed by atoms with Crippen molar-refractivity contribution < 1.29 is 13.2 Å². The summed E-state index contributed by atoms with van der Waals surface area (Å²) in [6.45, 7) is 5.69. The molecule has 4 heteroatoms. The van der Waals surface area contributed by atoms with Gasteiger partial charge in [-0.05, 0) is 69.4 Å². The SMILES string of the molecule is CCCCc1ccc(CC(=O)C2CCC(CS(=O)(=O)C(C)C)CC2)cc1. The lowest BCUT2D eigenvalue weighted by Gasteiger charge is -2.28. The van der Waals surface area contributed by atoms with Crippen LogP contribution in [0.1, 0.15) is 70.4 Å². The van der Waals surface area contributed by atoms with Gasteiger partial charge in [0, 0.05) is 12.3 Å². The number of aryl methyl sites for hydroxylation is 1. The highest BCUT2D eigenvalue weighted by Crippen LogP contribution is 2.31. The summed E-state index contributed by atoms with van der Waals surface area (Å²) in [5, 5.41) is -0.304. The second kappa shape index (κ2) is 9.68. The quantitative estimate of drug-likeness (QED) is 0.622. The van der Waals surface area contributed by atoms with E-state index in [0.29, 0.717) is 12.2 Å². The topological polar surface area (TPSA) is 51.2 Å². The van der Waals surface area contributed by atoms with Crippen molar-refractivity contribution in [2.24, 2.45) is 11.8 Å². The van der Waals surface area contributed by atoms with E-state index >= 15 is 0 Å². The second-order valence-electron chi connectivity index (χ2n) is 8.16. The standard InChI is InChI=1S/C22H34O3S/c1-4-5-6-18-7-9-19(10-8-18)15-22(23)21-13-11-20(12-14-21)16-26(24,25)17(2)3/h7-10,17,20-21H,4-6,11-16H2,1-3H3. The first-order chi connectivity index (χ1) is 12.3. The molecule has 0 bridgehead atoms. The van der Waals surface area contributed by atoms with Gasteiger partial charge in [-0.25, -0.2) is 8.42 Å². The van der Waals surface area contributed by atoms with Gasteiger partial charge in [0.05, 0.1) is 11.0 Å². The van der Waals surface area contributed by atoms with Crippen LogP contribution in [0.15, 0.2) is 24.3 Å². The summed E-state index contributed by atoms with van der Waals surface area (Å²) in [5.74, 6) is 0.929. The Balaban J connectivity index is 1.81. The number of benzene rings is 1. The van der Waals surface area contributed by atoms with E-state index in [9.17, 15) is 13.2 Å². The van der Waals surface area contributed by atoms with Crippen LogP contribution in [0.5, 0.6) is 0 Å². The zero-order valence-corrected chi connectivity index (χ0v) is 17.4. The molecule has 146 valence electrons. The first-order valence-electron chi connectivity index (χ1n) is 10.1. The van der Waals surface area contributed by atoms with Crippen molar-refractivity contribution in [2.75, 3.05) is 5.75 Å². The summed E-state index contributed by atoms with van der Waals surface area (Å²) in [6, 6.07) is 8.46. The molecule has 3 nitrogen and oxygen atoms in total. The van der Waals surface area contributed by atoms with E-state index in [4.69, 9.17) is 0 Å². The summed E-state index contributed by atoms with van der Waals surface area (Å²) >= 11 is 0. The Kier molecular flexibility index (Phi) is 7.87. The summed E-state index contributed by atoms with van der Waals surface area (Å²) in [7, 11) is -2.98. The largest absolute Gasteiger partial charge is 0.299 e. The minimum Gasteiger partial charge on any atom is -0.299 e. The van der Waals surface area contributed by atoms with Gasteiger partial charge in [-0.1, -0.05) is 37.6 Å². The maximum atomic E-state index is 12.6. The third-order valence-electron chi connectivity index (χ3n) is 5.71. The molecule has 2 rings (SSSR count). The molecule has 1 saturated carbocycles. The number of carbonyl (C=O) groups is 1. The maximum Gasteiger partial charge on any atom is 0.152 e. The van der Waals surface area contributed by atoms with Crippen molar-refractivity contribution in [1.82, 2.24) is 0 Å². The molecule has 0 saturated heterocycles. The number of sulfone groups is 1. The molecular weight excluding hydrogens is 344 g/mol. The van der Waals surface area contributed by atoms with Crippen LogP contribution in [0.4, 0.5) is 0 Å². The first-order valence-corrected chi connectivity index (χ1v) is 11.9. The minimum atomic E-state index is -2.98. The van der Waals surface area contributed by atoms with E-state index in [0.717, 1.165) is 37.7 Å². The lowest BCUT2D eigenvalue weighted by Crippen LogP contribution is -2.29. The van der Waals surface area contributed by atoms with Gasteiger partial charge in [0.2, 0.25) is 0 Å². The Morgan fingerprint density at radius 2 is 1.62 bits per heavy atom. The maximum absolute atomic E-state index is 12.6. The number of hydrogen-bond donors (Lipinski definition) is 0. The number of carbonyl (C=O) groups excluding carboxylic acids is 1. The fourth-order valence-corrected chi connectivity index (χ4v) is 5.10. The molecule has 0 radical (unpaired) electrons. The highest BCUT2D eigenvalue weighted by molar-refractivity contribution is 7.91. The molecule has 0 atom stereocenters. The summed E-state index contributed by atoms with van der Waals surface area (Å²) < 4.78 is 24.2. The van der Waals surface area contributed by atoms with Crippen molar-refractivity contribution in [3.63, 3.8) is 0 Å². The molecule has 0 N–H and O–H groups in total. The highest BCUT2D eigenvalue weighted by atomic mass is 32.2. The van der Waals surface area contributed by atoms with Crippen molar-refractivity contribution in [3.8, 4) is 0 Å². The van der Waals surface area contributed by atoms with Gasteiger partial charge in [0.1, 0.15) is 5.78 Å². The average molecular weight is 379 g/mol. The third kappa shape index (κ3) is 6.22. The van der Waals surface area contributed by atoms with Gasteiger partial charge >= 0.3 is 0 Å². The van der Waals surface area contributed by atoms with Crippen LogP contribution in [-0.2, 0) is 27.5 Å². The van der Waals surface area contributed by atoms with Gasteiger partial charge in [-0.3, -0.25) is 4.79 Å². The number of rotatable bonds is 9. The molecule has 0 aromatic heterocycles. The van der Waals surface area contributed by atoms with E-state index in [1.54, 1.807) is 13.8 Å². The first kappa shape index (κ1) is 21.1. The van der Waals surface area contributed by atoms with Gasteiger partial charge in [0.25, 0.3) is 0 Å². The molecule has 1 fully saturated rings. The molecule has 1 aliphatic carbocycles. The number of Topliss-reactive ketones (excluding diaryl/α,β-unsaturated/α-hetero) is 1. The van der Waals surface area contributed by atoms with E-state index in [1.165, 1.54) is 18.4 Å². The monoisotopic (exact) mass is 378 g/mol. The molecule has 0 amide bonds. The normalized spacial score (nSPS) is 21.1. The lowest BCUT2D eigenvalue weighted by atomic mass is 9.79. The number of ketones is 1. The number of hydrogen-bond acceptors (Lipinski definition) is 3. The summed E-state index contributed by atoms with van der Waals surface area (Å²) in [6.07, 6.45) is 7.41. The van der Waals surface area contributed by atoms with Crippen LogP contribution in [0, 0.1) is 11.8 Å². The van der Waals surface area contributed by atoms with Crippen molar-refractivity contribution >= 4 is 15.6 Å². The van der Waals surface area contributed by atoms with E-state index in [1.807, 2.05) is 0 Å². The molecule has 1 aromatic carbocycles. The van der Waals surface area contributed by atoms with E-state index in [2.05, 4.69) is 31.2 Å². The van der Waals surface area contributed by atoms with Crippen LogP contribution in [-0.4, -0.2) is 25.2 Å². The van der Waals surface area contributed by atoms with E-state index < -0.39 is 9.84 Å². The molecular formula is C22H34O3S. The third-order valence-corrected chi connectivity index (χ3v) is 8.08. The molecule has 0 spiro atoms. The smallest absolute Gasteiger partial charge is 0.152 e. The zero-order chi connectivity index (χ0) is 19.2. The zero-order valence-electron chi connectivity index (χ0n) is 16.5.